The average molecular weight is 367 g/mol. The van der Waals surface area contributed by atoms with Crippen LogP contribution in [0.5, 0.6) is 0 Å². The molecule has 0 aliphatic rings. The van der Waals surface area contributed by atoms with Crippen LogP contribution in [-0.4, -0.2) is 42.8 Å². The molecule has 0 spiro atoms. The van der Waals surface area contributed by atoms with Crippen molar-refractivity contribution in [2.45, 2.75) is 19.4 Å². The Balaban J connectivity index is 1.44. The summed E-state index contributed by atoms with van der Waals surface area (Å²) in [5.74, 6) is 0.881. The van der Waals surface area contributed by atoms with Crippen LogP contribution < -0.4 is 5.32 Å². The molecule has 3 rings (SSSR count). The average Bonchev–Trinajstić information content (AvgIpc) is 3.13. The maximum absolute atomic E-state index is 11.9. The minimum Gasteiger partial charge on any atom is -0.382 e. The zero-order valence-electron chi connectivity index (χ0n) is 15.5. The number of imidazole rings is 1. The normalized spacial score (nSPS) is 11.0. The zero-order valence-corrected chi connectivity index (χ0v) is 15.5. The zero-order chi connectivity index (χ0) is 18.9. The number of hydrogen-bond donors (Lipinski definition) is 2. The molecule has 0 unspecified atom stereocenters. The smallest absolute Gasteiger partial charge is 0.220 e. The summed E-state index contributed by atoms with van der Waals surface area (Å²) in [5.41, 5.74) is 4.05. The molecule has 2 aromatic carbocycles. The highest BCUT2D eigenvalue weighted by molar-refractivity contribution is 5.79. The fourth-order valence-electron chi connectivity index (χ4n) is 2.74. The second-order valence-corrected chi connectivity index (χ2v) is 6.28. The molecule has 0 fully saturated rings. The summed E-state index contributed by atoms with van der Waals surface area (Å²) < 4.78 is 10.2. The summed E-state index contributed by atoms with van der Waals surface area (Å²) in [7, 11) is 1.64. The van der Waals surface area contributed by atoms with Crippen molar-refractivity contribution >= 4 is 16.9 Å². The van der Waals surface area contributed by atoms with Crippen molar-refractivity contribution in [3.05, 3.63) is 54.1 Å². The Morgan fingerprint density at radius 2 is 1.89 bits per heavy atom. The SMILES string of the molecule is COCCOCCCC(=O)NCc1ccc(-c2nc3ccccc3[nH]2)cc1. The number of rotatable bonds is 10. The minimum absolute atomic E-state index is 0.0340. The summed E-state index contributed by atoms with van der Waals surface area (Å²) in [4.78, 5) is 19.8. The first kappa shape index (κ1) is 19.1. The largest absolute Gasteiger partial charge is 0.382 e. The fraction of sp³-hybridized carbons (Fsp3) is 0.333. The molecule has 1 aromatic heterocycles. The molecule has 6 heteroatoms. The number of carbonyl (C=O) groups is 1. The standard InChI is InChI=1S/C21H25N3O3/c1-26-13-14-27-12-4-7-20(25)22-15-16-8-10-17(11-9-16)21-23-18-5-2-3-6-19(18)24-21/h2-3,5-6,8-11H,4,7,12-15H2,1H3,(H,22,25)(H,23,24). The van der Waals surface area contributed by atoms with Crippen molar-refractivity contribution < 1.29 is 14.3 Å². The van der Waals surface area contributed by atoms with Crippen LogP contribution in [-0.2, 0) is 20.8 Å². The molecule has 0 radical (unpaired) electrons. The maximum atomic E-state index is 11.9. The number of aromatic nitrogens is 2. The summed E-state index contributed by atoms with van der Waals surface area (Å²) in [5, 5.41) is 2.94. The van der Waals surface area contributed by atoms with Gasteiger partial charge in [0.05, 0.1) is 24.2 Å². The fourth-order valence-corrected chi connectivity index (χ4v) is 2.74. The highest BCUT2D eigenvalue weighted by atomic mass is 16.5. The molecule has 0 bridgehead atoms. The van der Waals surface area contributed by atoms with Gasteiger partial charge in [0.2, 0.25) is 5.91 Å². The molecule has 2 N–H and O–H groups in total. The molecule has 27 heavy (non-hydrogen) atoms. The summed E-state index contributed by atoms with van der Waals surface area (Å²) in [6.07, 6.45) is 1.17. The number of para-hydroxylation sites is 2. The van der Waals surface area contributed by atoms with Crippen molar-refractivity contribution in [2.24, 2.45) is 0 Å². The summed E-state index contributed by atoms with van der Waals surface area (Å²) in [6.45, 7) is 2.23. The Kier molecular flexibility index (Phi) is 6.96. The van der Waals surface area contributed by atoms with Crippen molar-refractivity contribution in [3.8, 4) is 11.4 Å². The van der Waals surface area contributed by atoms with E-state index in [1.165, 1.54) is 0 Å². The third-order valence-corrected chi connectivity index (χ3v) is 4.23. The number of benzene rings is 2. The lowest BCUT2D eigenvalue weighted by atomic mass is 10.1. The lowest BCUT2D eigenvalue weighted by Crippen LogP contribution is -2.22. The number of hydrogen-bond acceptors (Lipinski definition) is 4. The van der Waals surface area contributed by atoms with E-state index >= 15 is 0 Å². The van der Waals surface area contributed by atoms with Gasteiger partial charge in [0.25, 0.3) is 0 Å². The van der Waals surface area contributed by atoms with Crippen LogP contribution >= 0.6 is 0 Å². The van der Waals surface area contributed by atoms with Crippen LogP contribution in [0.1, 0.15) is 18.4 Å². The highest BCUT2D eigenvalue weighted by Gasteiger charge is 2.06. The molecule has 1 heterocycles. The lowest BCUT2D eigenvalue weighted by molar-refractivity contribution is -0.121. The first-order chi connectivity index (χ1) is 13.3. The van der Waals surface area contributed by atoms with Crippen LogP contribution in [0.25, 0.3) is 22.4 Å². The van der Waals surface area contributed by atoms with Gasteiger partial charge in [0.15, 0.2) is 0 Å². The quantitative estimate of drug-likeness (QED) is 0.539. The number of nitrogens with zero attached hydrogens (tertiary/aromatic N) is 1. The van der Waals surface area contributed by atoms with Gasteiger partial charge in [-0.1, -0.05) is 36.4 Å². The number of fused-ring (bicyclic) bond motifs is 1. The number of carbonyl (C=O) groups excluding carboxylic acids is 1. The van der Waals surface area contributed by atoms with Crippen LogP contribution in [0.3, 0.4) is 0 Å². The van der Waals surface area contributed by atoms with Gasteiger partial charge in [0, 0.05) is 32.2 Å². The predicted molar refractivity (Wildman–Crippen MR) is 105 cm³/mol. The van der Waals surface area contributed by atoms with Gasteiger partial charge in [-0.3, -0.25) is 4.79 Å². The van der Waals surface area contributed by atoms with Gasteiger partial charge < -0.3 is 19.8 Å². The molecule has 142 valence electrons. The summed E-state index contributed by atoms with van der Waals surface area (Å²) in [6, 6.07) is 16.0. The number of nitrogens with one attached hydrogen (secondary N) is 2. The minimum atomic E-state index is 0.0340. The molecule has 6 nitrogen and oxygen atoms in total. The third-order valence-electron chi connectivity index (χ3n) is 4.23. The van der Waals surface area contributed by atoms with E-state index in [2.05, 4.69) is 15.3 Å². The van der Waals surface area contributed by atoms with Gasteiger partial charge >= 0.3 is 0 Å². The molecular formula is C21H25N3O3. The van der Waals surface area contributed by atoms with Crippen LogP contribution in [0.2, 0.25) is 0 Å². The molecular weight excluding hydrogens is 342 g/mol. The first-order valence-electron chi connectivity index (χ1n) is 9.13. The number of methoxy groups -OCH3 is 1. The Hall–Kier alpha value is -2.70. The Labute approximate surface area is 158 Å². The Bertz CT molecular complexity index is 825. The second kappa shape index (κ2) is 9.85. The molecule has 0 atom stereocenters. The van der Waals surface area contributed by atoms with E-state index in [0.717, 1.165) is 28.0 Å². The molecule has 0 saturated heterocycles. The van der Waals surface area contributed by atoms with Crippen molar-refractivity contribution in [1.29, 1.82) is 0 Å². The van der Waals surface area contributed by atoms with Gasteiger partial charge in [0.1, 0.15) is 5.82 Å². The van der Waals surface area contributed by atoms with E-state index in [0.29, 0.717) is 39.2 Å². The number of H-pyrrole nitrogens is 1. The predicted octanol–water partition coefficient (Wildman–Crippen LogP) is 3.29. The van der Waals surface area contributed by atoms with Gasteiger partial charge in [-0.2, -0.15) is 0 Å². The highest BCUT2D eigenvalue weighted by Crippen LogP contribution is 2.20. The third kappa shape index (κ3) is 5.64. The van der Waals surface area contributed by atoms with Gasteiger partial charge in [-0.15, -0.1) is 0 Å². The van der Waals surface area contributed by atoms with E-state index in [4.69, 9.17) is 9.47 Å². The second-order valence-electron chi connectivity index (χ2n) is 6.28. The van der Waals surface area contributed by atoms with E-state index < -0.39 is 0 Å². The van der Waals surface area contributed by atoms with Gasteiger partial charge in [-0.05, 0) is 24.1 Å². The van der Waals surface area contributed by atoms with E-state index in [-0.39, 0.29) is 5.91 Å². The lowest BCUT2D eigenvalue weighted by Gasteiger charge is -2.07. The van der Waals surface area contributed by atoms with E-state index in [1.54, 1.807) is 7.11 Å². The van der Waals surface area contributed by atoms with Crippen LogP contribution in [0, 0.1) is 0 Å². The van der Waals surface area contributed by atoms with Crippen molar-refractivity contribution in [1.82, 2.24) is 15.3 Å². The maximum Gasteiger partial charge on any atom is 0.220 e. The first-order valence-corrected chi connectivity index (χ1v) is 9.13. The van der Waals surface area contributed by atoms with Crippen LogP contribution in [0.4, 0.5) is 0 Å². The monoisotopic (exact) mass is 367 g/mol. The van der Waals surface area contributed by atoms with E-state index in [1.807, 2.05) is 48.5 Å². The molecule has 0 aliphatic carbocycles. The topological polar surface area (TPSA) is 76.2 Å². The molecule has 3 aromatic rings. The number of amides is 1. The van der Waals surface area contributed by atoms with Crippen molar-refractivity contribution in [2.75, 3.05) is 26.9 Å². The molecule has 0 aliphatic heterocycles. The van der Waals surface area contributed by atoms with Crippen LogP contribution in [0.15, 0.2) is 48.5 Å². The molecule has 0 saturated carbocycles. The Morgan fingerprint density at radius 3 is 2.67 bits per heavy atom. The van der Waals surface area contributed by atoms with Crippen molar-refractivity contribution in [3.63, 3.8) is 0 Å². The number of aromatic amines is 1. The van der Waals surface area contributed by atoms with Gasteiger partial charge in [-0.25, -0.2) is 4.98 Å². The van der Waals surface area contributed by atoms with E-state index in [9.17, 15) is 4.79 Å². The number of ether oxygens (including phenoxy) is 2. The Morgan fingerprint density at radius 1 is 1.07 bits per heavy atom. The summed E-state index contributed by atoms with van der Waals surface area (Å²) >= 11 is 0. The molecule has 1 amide bonds.